The summed E-state index contributed by atoms with van der Waals surface area (Å²) in [6.45, 7) is -20.1. The van der Waals surface area contributed by atoms with E-state index in [-0.39, 0.29) is 75.0 Å². The van der Waals surface area contributed by atoms with Crippen molar-refractivity contribution in [2.24, 2.45) is 10.7 Å². The molecule has 14 heterocycles. The number of hydrogen-bond donors (Lipinski definition) is 10. The molecular weight excluding hydrogens is 1390 g/mol. The smallest absolute Gasteiger partial charge is 0.386 e. The van der Waals surface area contributed by atoms with E-state index in [9.17, 15) is 33.6 Å². The second-order valence-corrected chi connectivity index (χ2v) is 31.8. The summed E-state index contributed by atoms with van der Waals surface area (Å²) < 4.78 is 149. The monoisotopic (exact) mass is 1440 g/mol. The summed E-state index contributed by atoms with van der Waals surface area (Å²) in [7, 11) is 0. The van der Waals surface area contributed by atoms with E-state index in [4.69, 9.17) is 113 Å². The third kappa shape index (κ3) is 12.3. The number of carbonyl (C=O) groups is 1. The van der Waals surface area contributed by atoms with E-state index >= 15 is 17.6 Å². The Balaban J connectivity index is 0.000000167. The zero-order valence-corrected chi connectivity index (χ0v) is 52.1. The Morgan fingerprint density at radius 3 is 1.37 bits per heavy atom. The number of nitrogens with two attached hydrogens (primary N) is 4. The third-order valence-electron chi connectivity index (χ3n) is 14.7. The van der Waals surface area contributed by atoms with Gasteiger partial charge in [0.05, 0.1) is 58.2 Å². The molecule has 20 atom stereocenters. The van der Waals surface area contributed by atoms with Crippen molar-refractivity contribution in [3.63, 3.8) is 0 Å². The molecule has 7 aliphatic rings. The van der Waals surface area contributed by atoms with Crippen molar-refractivity contribution in [3.05, 3.63) is 58.0 Å². The highest BCUT2D eigenvalue weighted by Gasteiger charge is 2.57. The lowest BCUT2D eigenvalue weighted by Crippen LogP contribution is -2.37. The van der Waals surface area contributed by atoms with Crippen molar-refractivity contribution < 1.29 is 96.7 Å². The van der Waals surface area contributed by atoms with Crippen molar-refractivity contribution in [2.75, 3.05) is 43.6 Å². The van der Waals surface area contributed by atoms with Crippen LogP contribution in [0.1, 0.15) is 41.8 Å². The normalized spacial score (nSPS) is 38.1. The van der Waals surface area contributed by atoms with E-state index < -0.39 is 169 Å². The van der Waals surface area contributed by atoms with Gasteiger partial charge in [-0.2, -0.15) is 9.97 Å². The van der Waals surface area contributed by atoms with E-state index in [0.29, 0.717) is 0 Å². The molecule has 7 aromatic rings. The number of thiol groups is 1. The van der Waals surface area contributed by atoms with Gasteiger partial charge in [-0.15, -0.1) is 0 Å². The number of amidine groups is 1. The first-order valence-electron chi connectivity index (χ1n) is 26.1. The predicted molar refractivity (Wildman–Crippen MR) is 312 cm³/mol. The van der Waals surface area contributed by atoms with Crippen LogP contribution in [-0.4, -0.2) is 194 Å². The van der Waals surface area contributed by atoms with Crippen LogP contribution in [0.15, 0.2) is 46.2 Å². The number of nitrogen functional groups attached to an aromatic ring is 3. The van der Waals surface area contributed by atoms with Gasteiger partial charge in [0.2, 0.25) is 11.9 Å². The number of aromatic nitrogens is 14. The van der Waals surface area contributed by atoms with E-state index in [2.05, 4.69) is 67.1 Å². The number of Topliss-reactive ketones (excluding diaryl/α,β-unsaturated/α-hetero) is 1. The van der Waals surface area contributed by atoms with Gasteiger partial charge in [0.1, 0.15) is 66.5 Å². The standard InChI is InChI=1S/C21H23F2N9O10P2S2.C20H22F2N10O9P2S2/c22-10-14-7(39-19(10)31-4-26-12-6(33)1-9(24)28-16(12)31)2-37-44(36,46)42-15-8(3-38-43(35,45)41-14)40-20(11(15)23)32-5-27-13-17(32)29-21(25)30-18(13)34;21-8-12-6(38-18(8)31-4-27-10-14(23)25-3-26-15(10)31)1-36-43(35,45)41-13-7(2-37-42(34,44)40-12)39-19(9(13)22)32-5-28-11-16(32)29-20(24)30-17(11)33/h4-5,7-8,10-11,14-15,19-20H,1-3H2,(H2,24,28)(H,35,45)(H,36,46)(H3,25,29,30,34);3-9,12-13,18-19H,1-2H2,(H,34,44)(H,35,45)(H2,23,25,26)(H3,24,29,30,33)/t7-,8-,10-,11-,14-,15-,19-,20-,43?,44?;6-,7-,8-,9-,12-,13-,18-,19-,42?,43?/m11/s1. The molecule has 7 aliphatic heterocycles. The van der Waals surface area contributed by atoms with Crippen molar-refractivity contribution in [3.8, 4) is 0 Å². The number of alkyl halides is 4. The van der Waals surface area contributed by atoms with Gasteiger partial charge < -0.3 is 70.1 Å². The first kappa shape index (κ1) is 64.4. The second kappa shape index (κ2) is 24.1. The van der Waals surface area contributed by atoms with E-state index in [1.165, 1.54) is 10.9 Å². The molecule has 38 nitrogen and oxygen atoms in total. The Morgan fingerprint density at radius 2 is 0.923 bits per heavy atom. The van der Waals surface area contributed by atoms with Crippen molar-refractivity contribution >= 4 is 143 Å². The van der Waals surface area contributed by atoms with Gasteiger partial charge in [-0.25, -0.2) is 57.0 Å². The summed E-state index contributed by atoms with van der Waals surface area (Å²) in [5.74, 6) is -1.02. The number of hydrogen-bond acceptors (Lipinski definition) is 32. The van der Waals surface area contributed by atoms with Crippen molar-refractivity contribution in [2.45, 2.75) is 105 Å². The van der Waals surface area contributed by atoms with Crippen LogP contribution in [0, 0.1) is 0 Å². The van der Waals surface area contributed by atoms with Gasteiger partial charge in [0.25, 0.3) is 11.1 Å². The number of rotatable bonds is 4. The van der Waals surface area contributed by atoms with E-state index in [0.717, 1.165) is 39.0 Å². The highest BCUT2D eigenvalue weighted by atomic mass is 32.7. The molecule has 50 heteroatoms. The van der Waals surface area contributed by atoms with Crippen LogP contribution in [0.4, 0.5) is 41.1 Å². The quantitative estimate of drug-likeness (QED) is 0.0654. The van der Waals surface area contributed by atoms with Crippen LogP contribution in [0.5, 0.6) is 0 Å². The largest absolute Gasteiger partial charge is 0.387 e. The average Bonchev–Trinajstić information content (AvgIpc) is 1.64. The zero-order chi connectivity index (χ0) is 64.5. The minimum atomic E-state index is -4.46. The van der Waals surface area contributed by atoms with Crippen molar-refractivity contribution in [1.29, 1.82) is 0 Å². The molecule has 6 fully saturated rings. The van der Waals surface area contributed by atoms with Gasteiger partial charge >= 0.3 is 27.0 Å². The van der Waals surface area contributed by atoms with Crippen LogP contribution < -0.4 is 34.1 Å². The fourth-order valence-corrected chi connectivity index (χ4v) is 16.5. The van der Waals surface area contributed by atoms with Crippen LogP contribution >= 0.6 is 39.2 Å². The van der Waals surface area contributed by atoms with Gasteiger partial charge in [-0.3, -0.25) is 65.2 Å². The number of carbonyl (C=O) groups excluding carboxylic acids is 1. The molecule has 13 N–H and O–H groups in total. The molecule has 6 saturated heterocycles. The molecule has 0 spiro atoms. The van der Waals surface area contributed by atoms with E-state index in [1.807, 2.05) is 0 Å². The summed E-state index contributed by atoms with van der Waals surface area (Å²) >= 11 is 19.4. The highest BCUT2D eigenvalue weighted by Crippen LogP contribution is 2.60. The molecule has 14 rings (SSSR count). The topological polar surface area (TPSA) is 511 Å². The lowest BCUT2D eigenvalue weighted by molar-refractivity contribution is -0.0583. The van der Waals surface area contributed by atoms with Gasteiger partial charge in [-0.1, -0.05) is 12.2 Å². The van der Waals surface area contributed by atoms with E-state index in [1.54, 1.807) is 0 Å². The molecule has 0 bridgehead atoms. The maximum Gasteiger partial charge on any atom is 0.386 e. The maximum atomic E-state index is 16.0. The summed E-state index contributed by atoms with van der Waals surface area (Å²) in [4.78, 5) is 110. The molecule has 91 heavy (non-hydrogen) atoms. The maximum absolute atomic E-state index is 16.0. The number of anilines is 3. The molecule has 0 aromatic carbocycles. The summed E-state index contributed by atoms with van der Waals surface area (Å²) in [5.41, 5.74) is 21.2. The van der Waals surface area contributed by atoms with Gasteiger partial charge in [-0.05, 0) is 35.4 Å². The lowest BCUT2D eigenvalue weighted by Gasteiger charge is -2.29. The number of fused-ring (bicyclic) bond motifs is 8. The fraction of sp³-hybridized carbons (Fsp3) is 0.512. The zero-order valence-electron chi connectivity index (χ0n) is 45.1. The predicted octanol–water partition coefficient (Wildman–Crippen LogP) is 0.562. The lowest BCUT2D eigenvalue weighted by atomic mass is 10.1. The minimum absolute atomic E-state index is 0.0263. The Labute approximate surface area is 523 Å². The molecule has 0 saturated carbocycles. The Bertz CT molecular complexity index is 4420. The second-order valence-electron chi connectivity index (χ2n) is 20.5. The number of nitrogens with zero attached hydrogens (tertiary/aromatic N) is 13. The first-order chi connectivity index (χ1) is 43.0. The Morgan fingerprint density at radius 1 is 0.538 bits per heavy atom. The summed E-state index contributed by atoms with van der Waals surface area (Å²) in [5, 5.41) is 0. The number of imidazole rings is 4. The number of ether oxygens (including phenoxy) is 4. The third-order valence-corrected chi connectivity index (χ3v) is 21.0. The number of halogens is 4. The summed E-state index contributed by atoms with van der Waals surface area (Å²) in [6.07, 6.45) is -21.1. The van der Waals surface area contributed by atoms with Gasteiger partial charge in [0.15, 0.2) is 101 Å². The first-order valence-corrected chi connectivity index (χ1v) is 36.6. The van der Waals surface area contributed by atoms with Crippen molar-refractivity contribution in [1.82, 2.24) is 68.1 Å². The number of aliphatic imine (C=N–C) groups is 1. The Hall–Kier alpha value is -5.35. The molecule has 0 radical (unpaired) electrons. The SMILES string of the molecule is NC1=Nc2c(ncn2[C@@H]2O[C@@H]3COP(O)(=S)O[C@H]4[C@@H](F)[C@H](n5cnc6c(=O)[nH]c(N)nc65)O[C@@H]4COP(=O)(S)O[C@H]3[C@H]2F)C(=O)C1.Nc1nc2c(ncn2[C@@H]2O[C@@H]3COP(O)(=S)O[C@H]4[C@@H](F)[C@H](n5cnc6c(N)ncnc65)O[C@@H]4COP(O)(=S)O[C@H]3[C@H]2F)c(=O)[nH]1. The molecule has 7 aromatic heterocycles. The fourth-order valence-electron chi connectivity index (χ4n) is 10.7. The number of ketones is 1. The summed E-state index contributed by atoms with van der Waals surface area (Å²) in [6, 6.07) is 0. The minimum Gasteiger partial charge on any atom is -0.387 e. The molecule has 4 unspecified atom stereocenters. The average molecular weight is 1440 g/mol. The molecule has 0 aliphatic carbocycles. The Kier molecular flexibility index (Phi) is 17.1. The van der Waals surface area contributed by atoms with Crippen LogP contribution in [0.3, 0.4) is 0 Å². The molecule has 490 valence electrons. The number of aromatic amines is 2. The van der Waals surface area contributed by atoms with Crippen LogP contribution in [-0.2, 0) is 95.1 Å². The number of nitrogens with one attached hydrogen (secondary N) is 2. The molecular formula is C41H45F4N19O19P4S4. The van der Waals surface area contributed by atoms with Crippen LogP contribution in [0.25, 0.3) is 33.5 Å². The highest BCUT2D eigenvalue weighted by molar-refractivity contribution is 8.44. The number of H-pyrrole nitrogens is 2. The van der Waals surface area contributed by atoms with Crippen LogP contribution in [0.2, 0.25) is 0 Å². The molecule has 0 amide bonds. The van der Waals surface area contributed by atoms with Gasteiger partial charge in [0, 0.05) is 0 Å².